The highest BCUT2D eigenvalue weighted by Gasteiger charge is 2.19. The predicted octanol–water partition coefficient (Wildman–Crippen LogP) is 3.57. The van der Waals surface area contributed by atoms with E-state index in [0.29, 0.717) is 17.1 Å². The summed E-state index contributed by atoms with van der Waals surface area (Å²) < 4.78 is 34.1. The zero-order valence-corrected chi connectivity index (χ0v) is 14.7. The second kappa shape index (κ2) is 8.31. The van der Waals surface area contributed by atoms with Gasteiger partial charge in [-0.15, -0.1) is 10.2 Å². The van der Waals surface area contributed by atoms with E-state index in [0.717, 1.165) is 0 Å². The number of nitrogens with zero attached hydrogens (tertiary/aromatic N) is 2. The van der Waals surface area contributed by atoms with Crippen molar-refractivity contribution in [2.75, 3.05) is 13.7 Å². The fourth-order valence-corrected chi connectivity index (χ4v) is 2.20. The van der Waals surface area contributed by atoms with Gasteiger partial charge in [-0.2, -0.15) is 0 Å². The summed E-state index contributed by atoms with van der Waals surface area (Å²) in [5, 5.41) is 7.74. The van der Waals surface area contributed by atoms with E-state index < -0.39 is 12.1 Å². The molecular weight excluding hydrogens is 355 g/mol. The molecule has 0 radical (unpaired) electrons. The molecule has 0 fully saturated rings. The number of rotatable bonds is 7. The lowest BCUT2D eigenvalue weighted by molar-refractivity contribution is -0.152. The maximum absolute atomic E-state index is 13.0. The molecule has 0 bridgehead atoms. The molecule has 1 atom stereocenters. The van der Waals surface area contributed by atoms with Crippen molar-refractivity contribution >= 4 is 5.97 Å². The lowest BCUT2D eigenvalue weighted by Crippen LogP contribution is -2.17. The summed E-state index contributed by atoms with van der Waals surface area (Å²) >= 11 is 0. The molecule has 0 aliphatic carbocycles. The van der Waals surface area contributed by atoms with Gasteiger partial charge in [0.1, 0.15) is 17.3 Å². The normalized spacial score (nSPS) is 11.7. The first-order valence-corrected chi connectivity index (χ1v) is 8.11. The number of ether oxygens (including phenoxy) is 3. The average molecular weight is 372 g/mol. The molecule has 8 heteroatoms. The smallest absolute Gasteiger partial charge is 0.344 e. The van der Waals surface area contributed by atoms with Crippen molar-refractivity contribution in [3.63, 3.8) is 0 Å². The Morgan fingerprint density at radius 1 is 1.07 bits per heavy atom. The van der Waals surface area contributed by atoms with Gasteiger partial charge in [0.2, 0.25) is 5.89 Å². The van der Waals surface area contributed by atoms with Crippen molar-refractivity contribution in [2.24, 2.45) is 0 Å². The molecule has 2 aromatic carbocycles. The lowest BCUT2D eigenvalue weighted by atomic mass is 10.2. The van der Waals surface area contributed by atoms with E-state index in [4.69, 9.17) is 18.6 Å². The van der Waals surface area contributed by atoms with Crippen LogP contribution in [0.4, 0.5) is 4.39 Å². The Kier molecular flexibility index (Phi) is 5.65. The van der Waals surface area contributed by atoms with Crippen LogP contribution in [-0.2, 0) is 9.53 Å². The molecule has 27 heavy (non-hydrogen) atoms. The highest BCUT2D eigenvalue weighted by atomic mass is 19.1. The van der Waals surface area contributed by atoms with Gasteiger partial charge < -0.3 is 18.6 Å². The summed E-state index contributed by atoms with van der Waals surface area (Å²) in [7, 11) is 1.56. The Balaban J connectivity index is 1.54. The monoisotopic (exact) mass is 372 g/mol. The van der Waals surface area contributed by atoms with E-state index in [2.05, 4.69) is 10.2 Å². The van der Waals surface area contributed by atoms with Crippen LogP contribution in [0.15, 0.2) is 52.9 Å². The van der Waals surface area contributed by atoms with E-state index in [1.165, 1.54) is 24.3 Å². The van der Waals surface area contributed by atoms with Crippen molar-refractivity contribution in [2.45, 2.75) is 13.0 Å². The first-order chi connectivity index (χ1) is 13.0. The summed E-state index contributed by atoms with van der Waals surface area (Å²) in [4.78, 5) is 11.9. The molecule has 0 saturated heterocycles. The summed E-state index contributed by atoms with van der Waals surface area (Å²) in [6.07, 6.45) is -0.751. The SMILES string of the molecule is COc1ccc(OCC(=O)O[C@@H](C)c2nnc(-c3ccc(F)cc3)o2)cc1. The Labute approximate surface area is 154 Å². The molecule has 3 rings (SSSR count). The fourth-order valence-electron chi connectivity index (χ4n) is 2.20. The molecule has 0 aliphatic rings. The van der Waals surface area contributed by atoms with Gasteiger partial charge >= 0.3 is 5.97 Å². The van der Waals surface area contributed by atoms with Crippen LogP contribution in [0, 0.1) is 5.82 Å². The summed E-state index contributed by atoms with van der Waals surface area (Å²) in [5.74, 6) is 0.593. The number of halogens is 1. The van der Waals surface area contributed by atoms with E-state index >= 15 is 0 Å². The van der Waals surface area contributed by atoms with Gasteiger partial charge in [0.05, 0.1) is 7.11 Å². The number of aromatic nitrogens is 2. The molecule has 0 unspecified atom stereocenters. The molecule has 0 amide bonds. The number of benzene rings is 2. The van der Waals surface area contributed by atoms with Gasteiger partial charge in [-0.05, 0) is 55.5 Å². The Bertz CT molecular complexity index is 893. The molecular formula is C19H17FN2O5. The van der Waals surface area contributed by atoms with Gasteiger partial charge in [0, 0.05) is 5.56 Å². The van der Waals surface area contributed by atoms with Gasteiger partial charge in [-0.3, -0.25) is 0 Å². The van der Waals surface area contributed by atoms with Crippen LogP contribution in [0.5, 0.6) is 11.5 Å². The lowest BCUT2D eigenvalue weighted by Gasteiger charge is -2.10. The molecule has 7 nitrogen and oxygen atoms in total. The van der Waals surface area contributed by atoms with Crippen molar-refractivity contribution in [1.29, 1.82) is 0 Å². The largest absolute Gasteiger partial charge is 0.497 e. The van der Waals surface area contributed by atoms with Crippen LogP contribution in [0.25, 0.3) is 11.5 Å². The maximum Gasteiger partial charge on any atom is 0.344 e. The third-order valence-corrected chi connectivity index (χ3v) is 3.60. The quantitative estimate of drug-likeness (QED) is 0.586. The van der Waals surface area contributed by atoms with Gasteiger partial charge in [-0.1, -0.05) is 0 Å². The molecule has 140 valence electrons. The molecule has 0 aliphatic heterocycles. The Morgan fingerprint density at radius 3 is 2.41 bits per heavy atom. The molecule has 1 aromatic heterocycles. The van der Waals surface area contributed by atoms with E-state index in [1.54, 1.807) is 38.3 Å². The van der Waals surface area contributed by atoms with E-state index in [-0.39, 0.29) is 24.2 Å². The first kappa shape index (κ1) is 18.4. The van der Waals surface area contributed by atoms with Crippen molar-refractivity contribution in [3.8, 4) is 23.0 Å². The number of hydrogen-bond acceptors (Lipinski definition) is 7. The topological polar surface area (TPSA) is 83.7 Å². The van der Waals surface area contributed by atoms with Gasteiger partial charge in [0.25, 0.3) is 5.89 Å². The number of methoxy groups -OCH3 is 1. The highest BCUT2D eigenvalue weighted by molar-refractivity contribution is 5.71. The zero-order valence-electron chi connectivity index (χ0n) is 14.7. The standard InChI is InChI=1S/C19H17FN2O5/c1-12(18-21-22-19(27-18)13-3-5-14(20)6-4-13)26-17(23)11-25-16-9-7-15(24-2)8-10-16/h3-10,12H,11H2,1-2H3/t12-/m0/s1. The third-order valence-electron chi connectivity index (χ3n) is 3.60. The van der Waals surface area contributed by atoms with Crippen molar-refractivity contribution in [1.82, 2.24) is 10.2 Å². The number of hydrogen-bond donors (Lipinski definition) is 0. The summed E-state index contributed by atoms with van der Waals surface area (Å²) in [5.41, 5.74) is 0.566. The van der Waals surface area contributed by atoms with Crippen LogP contribution in [-0.4, -0.2) is 29.9 Å². The number of carbonyl (C=O) groups is 1. The van der Waals surface area contributed by atoms with Crippen LogP contribution >= 0.6 is 0 Å². The van der Waals surface area contributed by atoms with Crippen LogP contribution in [0.1, 0.15) is 18.9 Å². The Hall–Kier alpha value is -3.42. The van der Waals surface area contributed by atoms with Crippen LogP contribution < -0.4 is 9.47 Å². The molecule has 0 spiro atoms. The second-order valence-corrected chi connectivity index (χ2v) is 5.55. The van der Waals surface area contributed by atoms with E-state index in [1.807, 2.05) is 0 Å². The van der Waals surface area contributed by atoms with E-state index in [9.17, 15) is 9.18 Å². The minimum atomic E-state index is -0.751. The molecule has 1 heterocycles. The van der Waals surface area contributed by atoms with Crippen LogP contribution in [0.2, 0.25) is 0 Å². The fraction of sp³-hybridized carbons (Fsp3) is 0.211. The minimum absolute atomic E-state index is 0.132. The molecule has 0 saturated carbocycles. The molecule has 0 N–H and O–H groups in total. The Morgan fingerprint density at radius 2 is 1.74 bits per heavy atom. The van der Waals surface area contributed by atoms with Crippen molar-refractivity contribution < 1.29 is 27.8 Å². The molecule has 3 aromatic rings. The summed E-state index contributed by atoms with van der Waals surface area (Å²) in [6.45, 7) is 1.34. The average Bonchev–Trinajstić information content (AvgIpc) is 3.18. The van der Waals surface area contributed by atoms with Crippen LogP contribution in [0.3, 0.4) is 0 Å². The highest BCUT2D eigenvalue weighted by Crippen LogP contribution is 2.23. The minimum Gasteiger partial charge on any atom is -0.497 e. The second-order valence-electron chi connectivity index (χ2n) is 5.55. The van der Waals surface area contributed by atoms with Crippen molar-refractivity contribution in [3.05, 3.63) is 60.2 Å². The number of esters is 1. The zero-order chi connectivity index (χ0) is 19.2. The summed E-state index contributed by atoms with van der Waals surface area (Å²) in [6, 6.07) is 12.4. The third kappa shape index (κ3) is 4.81. The maximum atomic E-state index is 13.0. The number of carbonyl (C=O) groups excluding carboxylic acids is 1. The predicted molar refractivity (Wildman–Crippen MR) is 92.7 cm³/mol. The van der Waals surface area contributed by atoms with Gasteiger partial charge in [-0.25, -0.2) is 9.18 Å². The first-order valence-electron chi connectivity index (χ1n) is 8.11. The van der Waals surface area contributed by atoms with Gasteiger partial charge in [0.15, 0.2) is 12.7 Å².